The van der Waals surface area contributed by atoms with Gasteiger partial charge >= 0.3 is 0 Å². The normalized spacial score (nSPS) is 11.3. The summed E-state index contributed by atoms with van der Waals surface area (Å²) in [5, 5.41) is 1.58. The van der Waals surface area contributed by atoms with Crippen LogP contribution in [0.3, 0.4) is 0 Å². The second-order valence-electron chi connectivity index (χ2n) is 7.82. The number of rotatable bonds is 5. The molecule has 0 aliphatic heterocycles. The Kier molecular flexibility index (Phi) is 5.23. The predicted molar refractivity (Wildman–Crippen MR) is 131 cm³/mol. The van der Waals surface area contributed by atoms with E-state index in [4.69, 9.17) is 9.72 Å². The van der Waals surface area contributed by atoms with Crippen molar-refractivity contribution in [1.29, 1.82) is 0 Å². The Labute approximate surface area is 190 Å². The van der Waals surface area contributed by atoms with Gasteiger partial charge in [0.25, 0.3) is 5.56 Å². The minimum absolute atomic E-state index is 0.140. The van der Waals surface area contributed by atoms with Gasteiger partial charge < -0.3 is 9.72 Å². The number of hydrogen-bond acceptors (Lipinski definition) is 4. The van der Waals surface area contributed by atoms with Crippen molar-refractivity contribution < 1.29 is 4.74 Å². The van der Waals surface area contributed by atoms with Crippen LogP contribution in [0.2, 0.25) is 0 Å². The molecular formula is C26H23N3O2S. The lowest BCUT2D eigenvalue weighted by Gasteiger charge is -2.15. The minimum atomic E-state index is -0.140. The van der Waals surface area contributed by atoms with E-state index in [1.807, 2.05) is 48.5 Å². The van der Waals surface area contributed by atoms with Gasteiger partial charge in [0.1, 0.15) is 16.8 Å². The maximum atomic E-state index is 13.7. The number of thioether (sulfide) groups is 1. The van der Waals surface area contributed by atoms with E-state index < -0.39 is 0 Å². The molecule has 6 heteroatoms. The van der Waals surface area contributed by atoms with Crippen molar-refractivity contribution >= 4 is 33.7 Å². The highest BCUT2D eigenvalue weighted by atomic mass is 32.2. The highest BCUT2D eigenvalue weighted by Crippen LogP contribution is 2.31. The van der Waals surface area contributed by atoms with Crippen molar-refractivity contribution in [1.82, 2.24) is 14.5 Å². The van der Waals surface area contributed by atoms with Gasteiger partial charge in [0.2, 0.25) is 0 Å². The summed E-state index contributed by atoms with van der Waals surface area (Å²) in [6.07, 6.45) is 0. The van der Waals surface area contributed by atoms with Crippen LogP contribution in [0.15, 0.2) is 76.7 Å². The Bertz CT molecular complexity index is 1520. The first-order valence-corrected chi connectivity index (χ1v) is 11.4. The van der Waals surface area contributed by atoms with Crippen LogP contribution in [0, 0.1) is 13.8 Å². The Morgan fingerprint density at radius 1 is 1.03 bits per heavy atom. The van der Waals surface area contributed by atoms with Crippen molar-refractivity contribution in [3.05, 3.63) is 93.8 Å². The van der Waals surface area contributed by atoms with E-state index >= 15 is 0 Å². The summed E-state index contributed by atoms with van der Waals surface area (Å²) in [5.74, 6) is 1.34. The van der Waals surface area contributed by atoms with Gasteiger partial charge in [0.05, 0.1) is 12.8 Å². The summed E-state index contributed by atoms with van der Waals surface area (Å²) in [4.78, 5) is 22.0. The van der Waals surface area contributed by atoms with Gasteiger partial charge in [-0.05, 0) is 43.2 Å². The molecule has 3 aromatic carbocycles. The number of hydrogen-bond donors (Lipinski definition) is 1. The number of methoxy groups -OCH3 is 1. The monoisotopic (exact) mass is 441 g/mol. The summed E-state index contributed by atoms with van der Waals surface area (Å²) < 4.78 is 7.23. The molecule has 0 unspecified atom stereocenters. The van der Waals surface area contributed by atoms with E-state index in [1.54, 1.807) is 23.4 Å². The van der Waals surface area contributed by atoms with Gasteiger partial charge in [-0.15, -0.1) is 0 Å². The number of nitrogens with zero attached hydrogens (tertiary/aromatic N) is 2. The maximum Gasteiger partial charge on any atom is 0.283 e. The van der Waals surface area contributed by atoms with Gasteiger partial charge in [0, 0.05) is 16.7 Å². The Morgan fingerprint density at radius 2 is 1.81 bits per heavy atom. The summed E-state index contributed by atoms with van der Waals surface area (Å²) in [7, 11) is 1.61. The zero-order chi connectivity index (χ0) is 22.2. The molecule has 2 aromatic heterocycles. The largest absolute Gasteiger partial charge is 0.495 e. The van der Waals surface area contributed by atoms with E-state index in [0.29, 0.717) is 33.4 Å². The van der Waals surface area contributed by atoms with Crippen molar-refractivity contribution in [3.8, 4) is 11.4 Å². The third-order valence-corrected chi connectivity index (χ3v) is 6.67. The summed E-state index contributed by atoms with van der Waals surface area (Å²) >= 11 is 1.56. The fourth-order valence-electron chi connectivity index (χ4n) is 3.96. The molecule has 0 spiro atoms. The number of fused-ring (bicyclic) bond motifs is 3. The van der Waals surface area contributed by atoms with Crippen LogP contribution in [0.1, 0.15) is 16.7 Å². The maximum absolute atomic E-state index is 13.7. The summed E-state index contributed by atoms with van der Waals surface area (Å²) in [6, 6.07) is 21.9. The van der Waals surface area contributed by atoms with Gasteiger partial charge in [-0.3, -0.25) is 4.79 Å². The molecule has 0 atom stereocenters. The number of ether oxygens (including phenoxy) is 1. The molecule has 0 saturated carbocycles. The van der Waals surface area contributed by atoms with Gasteiger partial charge in [-0.25, -0.2) is 9.55 Å². The van der Waals surface area contributed by atoms with Crippen LogP contribution in [0.5, 0.6) is 5.75 Å². The highest BCUT2D eigenvalue weighted by molar-refractivity contribution is 7.98. The smallest absolute Gasteiger partial charge is 0.283 e. The van der Waals surface area contributed by atoms with Gasteiger partial charge in [-0.2, -0.15) is 0 Å². The lowest BCUT2D eigenvalue weighted by atomic mass is 10.1. The van der Waals surface area contributed by atoms with Crippen LogP contribution >= 0.6 is 11.8 Å². The van der Waals surface area contributed by atoms with Crippen LogP contribution in [0.25, 0.3) is 27.6 Å². The van der Waals surface area contributed by atoms with Crippen molar-refractivity contribution in [3.63, 3.8) is 0 Å². The topological polar surface area (TPSA) is 59.9 Å². The fourth-order valence-corrected chi connectivity index (χ4v) is 5.03. The summed E-state index contributed by atoms with van der Waals surface area (Å²) in [5.41, 5.74) is 6.30. The lowest BCUT2D eigenvalue weighted by molar-refractivity contribution is 0.411. The van der Waals surface area contributed by atoms with E-state index in [0.717, 1.165) is 10.9 Å². The molecule has 5 nitrogen and oxygen atoms in total. The molecule has 32 heavy (non-hydrogen) atoms. The quantitative estimate of drug-likeness (QED) is 0.277. The molecule has 2 heterocycles. The second kappa shape index (κ2) is 8.20. The molecule has 0 fully saturated rings. The molecule has 0 saturated heterocycles. The van der Waals surface area contributed by atoms with Crippen molar-refractivity contribution in [2.75, 3.05) is 7.11 Å². The molecule has 160 valence electrons. The number of H-pyrrole nitrogens is 1. The minimum Gasteiger partial charge on any atom is -0.495 e. The SMILES string of the molecule is COc1ccccc1-n1c(SCc2cc(C)ccc2C)nc2c([nH]c3ccccc32)c1=O. The van der Waals surface area contributed by atoms with E-state index in [1.165, 1.54) is 16.7 Å². The van der Waals surface area contributed by atoms with Gasteiger partial charge in [-0.1, -0.05) is 65.9 Å². The number of aromatic nitrogens is 3. The Balaban J connectivity index is 1.74. The standard InChI is InChI=1S/C26H23N3O2S/c1-16-12-13-17(2)18(14-16)15-32-26-28-23-19-8-4-5-9-20(19)27-24(23)25(30)29(26)21-10-6-7-11-22(21)31-3/h4-14,27H,15H2,1-3H3. The molecule has 0 bridgehead atoms. The molecule has 1 N–H and O–H groups in total. The molecule has 5 rings (SSSR count). The zero-order valence-corrected chi connectivity index (χ0v) is 19.0. The number of para-hydroxylation sites is 3. The number of nitrogens with one attached hydrogen (secondary N) is 1. The first-order chi connectivity index (χ1) is 15.6. The third-order valence-electron chi connectivity index (χ3n) is 5.68. The van der Waals surface area contributed by atoms with Crippen LogP contribution < -0.4 is 10.3 Å². The highest BCUT2D eigenvalue weighted by Gasteiger charge is 2.19. The molecule has 0 radical (unpaired) electrons. The molecule has 0 aliphatic rings. The second-order valence-corrected chi connectivity index (χ2v) is 8.76. The van der Waals surface area contributed by atoms with Crippen molar-refractivity contribution in [2.24, 2.45) is 0 Å². The number of benzene rings is 3. The Morgan fingerprint density at radius 3 is 2.66 bits per heavy atom. The first-order valence-electron chi connectivity index (χ1n) is 10.4. The molecule has 0 aliphatic carbocycles. The number of aryl methyl sites for hydroxylation is 2. The predicted octanol–water partition coefficient (Wildman–Crippen LogP) is 5.78. The lowest BCUT2D eigenvalue weighted by Crippen LogP contribution is -2.22. The van der Waals surface area contributed by atoms with Crippen molar-refractivity contribution in [2.45, 2.75) is 24.8 Å². The Hall–Kier alpha value is -3.51. The van der Waals surface area contributed by atoms with Crippen LogP contribution in [-0.4, -0.2) is 21.6 Å². The van der Waals surface area contributed by atoms with E-state index in [-0.39, 0.29) is 5.56 Å². The zero-order valence-electron chi connectivity index (χ0n) is 18.2. The average molecular weight is 442 g/mol. The summed E-state index contributed by atoms with van der Waals surface area (Å²) in [6.45, 7) is 4.20. The van der Waals surface area contributed by atoms with Crippen LogP contribution in [0.4, 0.5) is 0 Å². The number of aromatic amines is 1. The molecule has 5 aromatic rings. The molecule has 0 amide bonds. The van der Waals surface area contributed by atoms with Crippen LogP contribution in [-0.2, 0) is 5.75 Å². The van der Waals surface area contributed by atoms with E-state index in [2.05, 4.69) is 37.0 Å². The first kappa shape index (κ1) is 20.4. The molecular weight excluding hydrogens is 418 g/mol. The average Bonchev–Trinajstić information content (AvgIpc) is 3.19. The fraction of sp³-hybridized carbons (Fsp3) is 0.154. The van der Waals surface area contributed by atoms with E-state index in [9.17, 15) is 4.79 Å². The third kappa shape index (κ3) is 3.46. The van der Waals surface area contributed by atoms with Gasteiger partial charge in [0.15, 0.2) is 5.16 Å².